The SMILES string of the molecule is Cc1nc(N[C@@H]2CCC[C@@H](C(=O)N3CC(O)C3)C2)nnc1-c1ccc2c(c1O)CCO2. The van der Waals surface area contributed by atoms with Crippen LogP contribution in [0.4, 0.5) is 5.95 Å². The van der Waals surface area contributed by atoms with Gasteiger partial charge < -0.3 is 25.2 Å². The number of rotatable bonds is 4. The number of phenolic OH excluding ortho intramolecular Hbond substituents is 1. The zero-order valence-corrected chi connectivity index (χ0v) is 17.5. The summed E-state index contributed by atoms with van der Waals surface area (Å²) in [4.78, 5) is 18.9. The third-order valence-corrected chi connectivity index (χ3v) is 6.50. The molecule has 2 aliphatic heterocycles. The first kappa shape index (κ1) is 20.0. The third kappa shape index (κ3) is 3.78. The van der Waals surface area contributed by atoms with Crippen LogP contribution in [-0.2, 0) is 11.2 Å². The Hall–Kier alpha value is -2.94. The minimum absolute atomic E-state index is 0.0299. The molecular weight excluding hydrogens is 398 g/mol. The number of fused-ring (bicyclic) bond motifs is 1. The molecule has 164 valence electrons. The first-order valence-corrected chi connectivity index (χ1v) is 10.9. The summed E-state index contributed by atoms with van der Waals surface area (Å²) in [6.07, 6.45) is 3.80. The van der Waals surface area contributed by atoms with Gasteiger partial charge in [0.05, 0.1) is 18.4 Å². The molecule has 1 aliphatic carbocycles. The summed E-state index contributed by atoms with van der Waals surface area (Å²) >= 11 is 0. The van der Waals surface area contributed by atoms with E-state index in [2.05, 4.69) is 20.5 Å². The summed E-state index contributed by atoms with van der Waals surface area (Å²) in [5, 5.41) is 32.0. The smallest absolute Gasteiger partial charge is 0.243 e. The average Bonchev–Trinajstić information content (AvgIpc) is 3.22. The predicted octanol–water partition coefficient (Wildman–Crippen LogP) is 1.66. The highest BCUT2D eigenvalue weighted by Gasteiger charge is 2.36. The van der Waals surface area contributed by atoms with Gasteiger partial charge in [0, 0.05) is 42.6 Å². The molecule has 3 N–H and O–H groups in total. The van der Waals surface area contributed by atoms with Gasteiger partial charge in [-0.2, -0.15) is 0 Å². The van der Waals surface area contributed by atoms with Gasteiger partial charge >= 0.3 is 0 Å². The second-order valence-electron chi connectivity index (χ2n) is 8.71. The van der Waals surface area contributed by atoms with Crippen molar-refractivity contribution >= 4 is 11.9 Å². The van der Waals surface area contributed by atoms with E-state index in [4.69, 9.17) is 4.74 Å². The lowest BCUT2D eigenvalue weighted by molar-refractivity contribution is -0.146. The molecule has 2 aromatic rings. The molecular formula is C22H27N5O4. The Kier molecular flexibility index (Phi) is 5.13. The van der Waals surface area contributed by atoms with E-state index < -0.39 is 0 Å². The molecule has 3 heterocycles. The molecule has 1 aromatic heterocycles. The van der Waals surface area contributed by atoms with E-state index >= 15 is 0 Å². The number of carbonyl (C=O) groups is 1. The minimum atomic E-state index is -0.375. The van der Waals surface area contributed by atoms with Gasteiger partial charge in [0.25, 0.3) is 0 Å². The van der Waals surface area contributed by atoms with Crippen LogP contribution in [0.25, 0.3) is 11.3 Å². The number of benzene rings is 1. The van der Waals surface area contributed by atoms with Crippen LogP contribution in [0.1, 0.15) is 36.9 Å². The maximum Gasteiger partial charge on any atom is 0.243 e. The molecule has 0 unspecified atom stereocenters. The topological polar surface area (TPSA) is 121 Å². The number of hydrogen-bond acceptors (Lipinski definition) is 8. The molecule has 5 rings (SSSR count). The van der Waals surface area contributed by atoms with Crippen LogP contribution in [-0.4, -0.2) is 68.0 Å². The molecule has 9 heteroatoms. The van der Waals surface area contributed by atoms with Crippen LogP contribution in [0.3, 0.4) is 0 Å². The van der Waals surface area contributed by atoms with E-state index in [-0.39, 0.29) is 29.7 Å². The number of amides is 1. The first-order chi connectivity index (χ1) is 15.0. The zero-order valence-electron chi connectivity index (χ0n) is 17.5. The van der Waals surface area contributed by atoms with Crippen LogP contribution in [0.15, 0.2) is 12.1 Å². The van der Waals surface area contributed by atoms with Crippen LogP contribution in [0, 0.1) is 12.8 Å². The number of aliphatic hydroxyl groups is 1. The van der Waals surface area contributed by atoms with Crippen LogP contribution in [0.5, 0.6) is 11.5 Å². The fourth-order valence-corrected chi connectivity index (χ4v) is 4.78. The average molecular weight is 425 g/mol. The molecule has 1 amide bonds. The maximum absolute atomic E-state index is 12.6. The van der Waals surface area contributed by atoms with E-state index in [9.17, 15) is 15.0 Å². The molecule has 2 atom stereocenters. The Bertz CT molecular complexity index is 1010. The van der Waals surface area contributed by atoms with Crippen LogP contribution >= 0.6 is 0 Å². The number of aryl methyl sites for hydroxylation is 1. The molecule has 2 fully saturated rings. The number of aliphatic hydroxyl groups excluding tert-OH is 1. The van der Waals surface area contributed by atoms with Crippen molar-refractivity contribution in [3.63, 3.8) is 0 Å². The number of ether oxygens (including phenoxy) is 1. The zero-order chi connectivity index (χ0) is 21.5. The second kappa shape index (κ2) is 7.96. The Morgan fingerprint density at radius 1 is 1.26 bits per heavy atom. The normalized spacial score (nSPS) is 23.1. The molecule has 1 aromatic carbocycles. The maximum atomic E-state index is 12.6. The number of aromatic hydroxyl groups is 1. The van der Waals surface area contributed by atoms with E-state index in [0.29, 0.717) is 54.8 Å². The number of nitrogens with one attached hydrogen (secondary N) is 1. The van der Waals surface area contributed by atoms with E-state index in [1.807, 2.05) is 13.0 Å². The molecule has 1 saturated carbocycles. The van der Waals surface area contributed by atoms with Gasteiger partial charge in [0.15, 0.2) is 0 Å². The predicted molar refractivity (Wildman–Crippen MR) is 113 cm³/mol. The number of likely N-dealkylation sites (tertiary alicyclic amines) is 1. The minimum Gasteiger partial charge on any atom is -0.507 e. The highest BCUT2D eigenvalue weighted by atomic mass is 16.5. The van der Waals surface area contributed by atoms with Gasteiger partial charge in [-0.25, -0.2) is 4.98 Å². The molecule has 31 heavy (non-hydrogen) atoms. The molecule has 0 bridgehead atoms. The van der Waals surface area contributed by atoms with Gasteiger partial charge in [-0.05, 0) is 38.3 Å². The van der Waals surface area contributed by atoms with Crippen molar-refractivity contribution in [3.8, 4) is 22.8 Å². The fraction of sp³-hybridized carbons (Fsp3) is 0.545. The van der Waals surface area contributed by atoms with Gasteiger partial charge in [0.2, 0.25) is 11.9 Å². The molecule has 9 nitrogen and oxygen atoms in total. The number of β-amino-alcohol motifs (C(OH)–C–C–N with tert-alkyl or cyclic N) is 1. The van der Waals surface area contributed by atoms with E-state index in [0.717, 1.165) is 31.2 Å². The van der Waals surface area contributed by atoms with Crippen molar-refractivity contribution in [2.45, 2.75) is 51.2 Å². The highest BCUT2D eigenvalue weighted by Crippen LogP contribution is 2.40. The quantitative estimate of drug-likeness (QED) is 0.676. The Balaban J connectivity index is 1.28. The van der Waals surface area contributed by atoms with Gasteiger partial charge in [-0.1, -0.05) is 6.42 Å². The summed E-state index contributed by atoms with van der Waals surface area (Å²) in [6, 6.07) is 3.74. The summed E-state index contributed by atoms with van der Waals surface area (Å²) < 4.78 is 5.50. The standard InChI is InChI=1S/C22H27N5O4/c1-12-19(17-5-6-18-16(20(17)29)7-8-31-18)25-26-22(23-12)24-14-4-2-3-13(9-14)21(30)27-10-15(28)11-27/h5-6,13-15,28-29H,2-4,7-11H2,1H3,(H,23,24,26)/t13-,14-/m1/s1. The summed E-state index contributed by atoms with van der Waals surface area (Å²) in [5.74, 6) is 1.44. The number of carbonyl (C=O) groups excluding carboxylic acids is 1. The largest absolute Gasteiger partial charge is 0.507 e. The number of phenols is 1. The summed E-state index contributed by atoms with van der Waals surface area (Å²) in [5.41, 5.74) is 2.62. The van der Waals surface area contributed by atoms with Crippen molar-refractivity contribution in [1.82, 2.24) is 20.1 Å². The monoisotopic (exact) mass is 425 g/mol. The Morgan fingerprint density at radius 3 is 2.87 bits per heavy atom. The van der Waals surface area contributed by atoms with Crippen molar-refractivity contribution in [3.05, 3.63) is 23.4 Å². The van der Waals surface area contributed by atoms with Crippen LogP contribution in [0.2, 0.25) is 0 Å². The van der Waals surface area contributed by atoms with Crippen molar-refractivity contribution < 1.29 is 19.7 Å². The van der Waals surface area contributed by atoms with Crippen molar-refractivity contribution in [2.75, 3.05) is 25.0 Å². The van der Waals surface area contributed by atoms with E-state index in [1.54, 1.807) is 11.0 Å². The van der Waals surface area contributed by atoms with E-state index in [1.165, 1.54) is 0 Å². The first-order valence-electron chi connectivity index (χ1n) is 10.9. The fourth-order valence-electron chi connectivity index (χ4n) is 4.78. The number of anilines is 1. The highest BCUT2D eigenvalue weighted by molar-refractivity contribution is 5.80. The molecule has 0 spiro atoms. The third-order valence-electron chi connectivity index (χ3n) is 6.50. The lowest BCUT2D eigenvalue weighted by Crippen LogP contribution is -2.55. The van der Waals surface area contributed by atoms with Crippen molar-refractivity contribution in [2.24, 2.45) is 5.92 Å². The Morgan fingerprint density at radius 2 is 2.10 bits per heavy atom. The summed E-state index contributed by atoms with van der Waals surface area (Å²) in [7, 11) is 0. The van der Waals surface area contributed by atoms with Crippen molar-refractivity contribution in [1.29, 1.82) is 0 Å². The summed E-state index contributed by atoms with van der Waals surface area (Å²) in [6.45, 7) is 3.31. The number of hydrogen-bond donors (Lipinski definition) is 3. The van der Waals surface area contributed by atoms with Crippen LogP contribution < -0.4 is 10.1 Å². The van der Waals surface area contributed by atoms with Gasteiger partial charge in [-0.15, -0.1) is 10.2 Å². The second-order valence-corrected chi connectivity index (χ2v) is 8.71. The Labute approximate surface area is 180 Å². The molecule has 1 saturated heterocycles. The lowest BCUT2D eigenvalue weighted by Gasteiger charge is -2.40. The van der Waals surface area contributed by atoms with Gasteiger partial charge in [0.1, 0.15) is 17.2 Å². The number of nitrogens with zero attached hydrogens (tertiary/aromatic N) is 4. The lowest BCUT2D eigenvalue weighted by atomic mass is 9.84. The molecule has 0 radical (unpaired) electrons. The van der Waals surface area contributed by atoms with Gasteiger partial charge in [-0.3, -0.25) is 4.79 Å². The number of aromatic nitrogens is 3. The molecule has 3 aliphatic rings.